The maximum absolute atomic E-state index is 12.6. The van der Waals surface area contributed by atoms with Crippen LogP contribution in [0.1, 0.15) is 98.9 Å². The number of methoxy groups -OCH3 is 1. The zero-order valence-corrected chi connectivity index (χ0v) is 26.1. The number of ether oxygens (including phenoxy) is 4. The Hall–Kier alpha value is -4.27. The quantitative estimate of drug-likeness (QED) is 0.0774. The number of unbranched alkanes of at least 4 members (excludes halogenated alkanes) is 9. The van der Waals surface area contributed by atoms with Gasteiger partial charge in [0, 0.05) is 5.56 Å². The summed E-state index contributed by atoms with van der Waals surface area (Å²) in [6.07, 6.45) is 15.8. The molecule has 2 aromatic carbocycles. The van der Waals surface area contributed by atoms with E-state index >= 15 is 0 Å². The van der Waals surface area contributed by atoms with Crippen molar-refractivity contribution in [1.82, 2.24) is 9.97 Å². The van der Waals surface area contributed by atoms with Gasteiger partial charge in [-0.25, -0.2) is 14.6 Å². The Morgan fingerprint density at radius 1 is 0.727 bits per heavy atom. The molecule has 0 radical (unpaired) electrons. The summed E-state index contributed by atoms with van der Waals surface area (Å²) in [5.41, 5.74) is 1.77. The molecule has 1 atom stereocenters. The fourth-order valence-electron chi connectivity index (χ4n) is 4.46. The number of carbonyl (C=O) groups excluding carboxylic acids is 3. The molecule has 0 bridgehead atoms. The van der Waals surface area contributed by atoms with E-state index in [0.29, 0.717) is 12.3 Å². The van der Waals surface area contributed by atoms with Gasteiger partial charge in [-0.3, -0.25) is 9.78 Å². The van der Waals surface area contributed by atoms with Crippen molar-refractivity contribution in [3.8, 4) is 22.8 Å². The molecule has 0 N–H and O–H groups in total. The van der Waals surface area contributed by atoms with Crippen molar-refractivity contribution in [2.24, 2.45) is 5.92 Å². The molecule has 1 aromatic heterocycles. The van der Waals surface area contributed by atoms with E-state index in [2.05, 4.69) is 21.6 Å². The van der Waals surface area contributed by atoms with Crippen molar-refractivity contribution in [1.29, 1.82) is 0 Å². The highest BCUT2D eigenvalue weighted by molar-refractivity contribution is 5.91. The summed E-state index contributed by atoms with van der Waals surface area (Å²) >= 11 is 0. The number of aromatic nitrogens is 2. The lowest BCUT2D eigenvalue weighted by Gasteiger charge is -2.10. The van der Waals surface area contributed by atoms with Crippen LogP contribution in [0.5, 0.6) is 11.5 Å². The predicted octanol–water partition coefficient (Wildman–Crippen LogP) is 7.63. The maximum Gasteiger partial charge on any atom is 0.363 e. The van der Waals surface area contributed by atoms with Gasteiger partial charge in [-0.2, -0.15) is 0 Å². The molecule has 0 unspecified atom stereocenters. The second-order valence-corrected chi connectivity index (χ2v) is 10.8. The highest BCUT2D eigenvalue weighted by Crippen LogP contribution is 2.21. The molecule has 44 heavy (non-hydrogen) atoms. The monoisotopic (exact) mass is 604 g/mol. The lowest BCUT2D eigenvalue weighted by atomic mass is 10.1. The van der Waals surface area contributed by atoms with Crippen molar-refractivity contribution in [2.45, 2.75) is 78.1 Å². The fraction of sp³-hybridized carbons (Fsp3) is 0.457. The Labute approximate surface area is 260 Å². The number of nitrogens with zero attached hydrogens (tertiary/aromatic N) is 2. The summed E-state index contributed by atoms with van der Waals surface area (Å²) < 4.78 is 21.0. The second-order valence-electron chi connectivity index (χ2n) is 10.8. The molecule has 0 aliphatic rings. The van der Waals surface area contributed by atoms with Crippen molar-refractivity contribution < 1.29 is 33.3 Å². The molecule has 3 aromatic rings. The molecule has 0 fully saturated rings. The summed E-state index contributed by atoms with van der Waals surface area (Å²) in [5, 5.41) is 0. The lowest BCUT2D eigenvalue weighted by molar-refractivity contribution is -0.146. The zero-order valence-electron chi connectivity index (χ0n) is 26.1. The Morgan fingerprint density at radius 3 is 1.93 bits per heavy atom. The van der Waals surface area contributed by atoms with E-state index in [9.17, 15) is 14.4 Å². The third-order valence-electron chi connectivity index (χ3n) is 7.15. The molecule has 0 spiro atoms. The molecule has 0 saturated carbocycles. The van der Waals surface area contributed by atoms with Gasteiger partial charge >= 0.3 is 17.9 Å². The molecule has 9 heteroatoms. The Balaban J connectivity index is 1.38. The number of hydrogen-bond donors (Lipinski definition) is 0. The van der Waals surface area contributed by atoms with Crippen LogP contribution in [0.4, 0.5) is 0 Å². The van der Waals surface area contributed by atoms with Gasteiger partial charge in [-0.05, 0) is 61.9 Å². The third-order valence-corrected chi connectivity index (χ3v) is 7.15. The number of hydrogen-bond acceptors (Lipinski definition) is 9. The first-order valence-electron chi connectivity index (χ1n) is 15.5. The van der Waals surface area contributed by atoms with Gasteiger partial charge in [0.1, 0.15) is 18.1 Å². The van der Waals surface area contributed by atoms with Crippen molar-refractivity contribution in [2.75, 3.05) is 20.3 Å². The van der Waals surface area contributed by atoms with Crippen LogP contribution in [0.25, 0.3) is 11.3 Å². The lowest BCUT2D eigenvalue weighted by Crippen LogP contribution is -2.20. The summed E-state index contributed by atoms with van der Waals surface area (Å²) in [7, 11) is 1.27. The normalized spacial score (nSPS) is 11.4. The Kier molecular flexibility index (Phi) is 14.9. The first-order chi connectivity index (χ1) is 21.4. The van der Waals surface area contributed by atoms with Gasteiger partial charge in [-0.15, -0.1) is 0 Å². The highest BCUT2D eigenvalue weighted by atomic mass is 16.5. The summed E-state index contributed by atoms with van der Waals surface area (Å²) in [5.74, 6) is -1.28. The van der Waals surface area contributed by atoms with Crippen LogP contribution in [0.15, 0.2) is 60.9 Å². The van der Waals surface area contributed by atoms with E-state index in [-0.39, 0.29) is 23.6 Å². The molecule has 3 rings (SSSR count). The predicted molar refractivity (Wildman–Crippen MR) is 168 cm³/mol. The van der Waals surface area contributed by atoms with Crippen molar-refractivity contribution >= 4 is 17.9 Å². The molecule has 0 aliphatic heterocycles. The van der Waals surface area contributed by atoms with Crippen LogP contribution < -0.4 is 9.47 Å². The third kappa shape index (κ3) is 11.8. The van der Waals surface area contributed by atoms with Crippen LogP contribution >= 0.6 is 0 Å². The molecular formula is C35H44N2O7. The second kappa shape index (κ2) is 19.1. The molecule has 0 amide bonds. The smallest absolute Gasteiger partial charge is 0.363 e. The van der Waals surface area contributed by atoms with Gasteiger partial charge < -0.3 is 18.9 Å². The van der Waals surface area contributed by atoms with E-state index in [4.69, 9.17) is 14.2 Å². The largest absolute Gasteiger partial charge is 0.494 e. The first kappa shape index (κ1) is 34.2. The minimum absolute atomic E-state index is 0.0467. The van der Waals surface area contributed by atoms with Gasteiger partial charge in [0.05, 0.1) is 43.3 Å². The van der Waals surface area contributed by atoms with E-state index in [0.717, 1.165) is 17.7 Å². The molecule has 0 aliphatic carbocycles. The van der Waals surface area contributed by atoms with Crippen LogP contribution in [0.2, 0.25) is 0 Å². The van der Waals surface area contributed by atoms with Gasteiger partial charge in [0.2, 0.25) is 0 Å². The van der Waals surface area contributed by atoms with Gasteiger partial charge in [0.25, 0.3) is 0 Å². The number of esters is 3. The molecule has 236 valence electrons. The number of rotatable bonds is 19. The van der Waals surface area contributed by atoms with Crippen molar-refractivity contribution in [3.63, 3.8) is 0 Å². The van der Waals surface area contributed by atoms with Crippen LogP contribution in [-0.2, 0) is 14.3 Å². The van der Waals surface area contributed by atoms with Crippen LogP contribution in [0.3, 0.4) is 0 Å². The Morgan fingerprint density at radius 2 is 1.34 bits per heavy atom. The standard InChI is InChI=1S/C35H44N2O7/c1-4-5-6-7-8-9-10-11-12-13-22-42-29-18-14-27(15-19-29)31-23-37-32(24-36-31)35(40)44-30-20-16-28(17-21-30)34(39)43-25-26(2)33(38)41-3/h14-21,23-24,26H,4-13,22,25H2,1-3H3/t26-/m0/s1. The summed E-state index contributed by atoms with van der Waals surface area (Å²) in [6.45, 7) is 4.45. The minimum atomic E-state index is -0.679. The molecule has 1 heterocycles. The van der Waals surface area contributed by atoms with E-state index in [1.54, 1.807) is 6.92 Å². The van der Waals surface area contributed by atoms with E-state index in [1.807, 2.05) is 24.3 Å². The average Bonchev–Trinajstić information content (AvgIpc) is 3.06. The van der Waals surface area contributed by atoms with Crippen LogP contribution in [0, 0.1) is 5.92 Å². The minimum Gasteiger partial charge on any atom is -0.494 e. The molecule has 0 saturated heterocycles. The maximum atomic E-state index is 12.6. The molecule has 9 nitrogen and oxygen atoms in total. The van der Waals surface area contributed by atoms with E-state index < -0.39 is 23.8 Å². The average molecular weight is 605 g/mol. The summed E-state index contributed by atoms with van der Waals surface area (Å²) in [6, 6.07) is 13.5. The van der Waals surface area contributed by atoms with E-state index in [1.165, 1.54) is 102 Å². The highest BCUT2D eigenvalue weighted by Gasteiger charge is 2.17. The summed E-state index contributed by atoms with van der Waals surface area (Å²) in [4.78, 5) is 44.8. The number of benzene rings is 2. The first-order valence-corrected chi connectivity index (χ1v) is 15.5. The topological polar surface area (TPSA) is 114 Å². The fourth-order valence-corrected chi connectivity index (χ4v) is 4.46. The zero-order chi connectivity index (χ0) is 31.6. The van der Waals surface area contributed by atoms with Crippen molar-refractivity contribution in [3.05, 3.63) is 72.2 Å². The van der Waals surface area contributed by atoms with Gasteiger partial charge in [-0.1, -0.05) is 64.7 Å². The SMILES string of the molecule is CCCCCCCCCCCCOc1ccc(-c2cnc(C(=O)Oc3ccc(C(=O)OC[C@H](C)C(=O)OC)cc3)cn2)cc1. The Bertz CT molecular complexity index is 1290. The molecular weight excluding hydrogens is 560 g/mol. The van der Waals surface area contributed by atoms with Gasteiger partial charge in [0.15, 0.2) is 5.69 Å². The van der Waals surface area contributed by atoms with Crippen LogP contribution in [-0.4, -0.2) is 48.2 Å². The number of carbonyl (C=O) groups is 3.